The molecule has 34 heavy (non-hydrogen) atoms. The molecule has 0 N–H and O–H groups in total. The van der Waals surface area contributed by atoms with Crippen molar-refractivity contribution in [3.63, 3.8) is 0 Å². The molecule has 0 spiro atoms. The molecule has 1 unspecified atom stereocenters. The first-order chi connectivity index (χ1) is 16.1. The lowest BCUT2D eigenvalue weighted by atomic mass is 10.1. The Hall–Kier alpha value is -2.52. The quantitative estimate of drug-likeness (QED) is 0.338. The molecule has 0 saturated heterocycles. The number of carbonyl (C=O) groups is 1. The van der Waals surface area contributed by atoms with E-state index in [1.165, 1.54) is 5.57 Å². The predicted molar refractivity (Wildman–Crippen MR) is 148 cm³/mol. The van der Waals surface area contributed by atoms with E-state index < -0.39 is 9.84 Å². The van der Waals surface area contributed by atoms with Crippen molar-refractivity contribution < 1.29 is 13.2 Å². The summed E-state index contributed by atoms with van der Waals surface area (Å²) in [5.74, 6) is 2.69. The van der Waals surface area contributed by atoms with Crippen LogP contribution in [0.4, 0.5) is 0 Å². The third kappa shape index (κ3) is 12.1. The highest BCUT2D eigenvalue weighted by molar-refractivity contribution is 7.95. The van der Waals surface area contributed by atoms with Crippen LogP contribution in [0.1, 0.15) is 74.7 Å². The Morgan fingerprint density at radius 3 is 2.21 bits per heavy atom. The minimum absolute atomic E-state index is 0.197. The van der Waals surface area contributed by atoms with Crippen LogP contribution in [0.25, 0.3) is 0 Å². The van der Waals surface area contributed by atoms with E-state index in [1.54, 1.807) is 25.8 Å². The van der Waals surface area contributed by atoms with Crippen molar-refractivity contribution >= 4 is 15.7 Å². The minimum Gasteiger partial charge on any atom is -0.367 e. The van der Waals surface area contributed by atoms with E-state index in [1.807, 2.05) is 70.4 Å². The summed E-state index contributed by atoms with van der Waals surface area (Å²) in [4.78, 5) is 15.5. The second-order valence-corrected chi connectivity index (χ2v) is 9.84. The summed E-state index contributed by atoms with van der Waals surface area (Å²) >= 11 is 0. The second kappa shape index (κ2) is 18.9. The highest BCUT2D eigenvalue weighted by atomic mass is 32.2. The lowest BCUT2D eigenvalue weighted by molar-refractivity contribution is -0.128. The Morgan fingerprint density at radius 2 is 1.74 bits per heavy atom. The van der Waals surface area contributed by atoms with Crippen molar-refractivity contribution in [2.24, 2.45) is 0 Å². The van der Waals surface area contributed by atoms with Gasteiger partial charge in [-0.3, -0.25) is 4.79 Å². The number of hydrogen-bond acceptors (Lipinski definition) is 4. The van der Waals surface area contributed by atoms with E-state index in [0.29, 0.717) is 23.9 Å². The Kier molecular flexibility index (Phi) is 18.7. The molecular formula is C28H46N2O3S. The number of rotatable bonds is 5. The average molecular weight is 491 g/mol. The SMILES string of the molecule is C#CC.C/C=C\C1=C(C)S(=O)(=O)CCN1C(C)CC.C/C=C\C=C/C1=CN(C)C(=O)CC1.CC. The Morgan fingerprint density at radius 1 is 1.15 bits per heavy atom. The predicted octanol–water partition coefficient (Wildman–Crippen LogP) is 6.24. The maximum Gasteiger partial charge on any atom is 0.226 e. The summed E-state index contributed by atoms with van der Waals surface area (Å²) in [5.41, 5.74) is 2.07. The zero-order valence-corrected chi connectivity index (χ0v) is 23.6. The molecule has 1 amide bonds. The van der Waals surface area contributed by atoms with Crippen LogP contribution in [-0.2, 0) is 14.6 Å². The smallest absolute Gasteiger partial charge is 0.226 e. The molecule has 5 nitrogen and oxygen atoms in total. The number of sulfone groups is 1. The first-order valence-electron chi connectivity index (χ1n) is 12.0. The van der Waals surface area contributed by atoms with Gasteiger partial charge in [-0.2, -0.15) is 0 Å². The van der Waals surface area contributed by atoms with Gasteiger partial charge >= 0.3 is 0 Å². The van der Waals surface area contributed by atoms with Gasteiger partial charge in [0.2, 0.25) is 5.91 Å². The summed E-state index contributed by atoms with van der Waals surface area (Å²) in [6.45, 7) is 16.1. The number of hydrogen-bond donors (Lipinski definition) is 0. The fraction of sp³-hybridized carbons (Fsp3) is 0.536. The maximum absolute atomic E-state index is 11.8. The number of nitrogens with zero attached hydrogens (tertiary/aromatic N) is 2. The lowest BCUT2D eigenvalue weighted by Crippen LogP contribution is -2.40. The van der Waals surface area contributed by atoms with Gasteiger partial charge in [-0.15, -0.1) is 12.3 Å². The average Bonchev–Trinajstić information content (AvgIpc) is 2.81. The number of allylic oxidation sites excluding steroid dienone is 8. The maximum atomic E-state index is 11.8. The van der Waals surface area contributed by atoms with Gasteiger partial charge < -0.3 is 9.80 Å². The van der Waals surface area contributed by atoms with E-state index in [2.05, 4.69) is 31.1 Å². The molecule has 0 saturated carbocycles. The molecule has 2 aliphatic rings. The van der Waals surface area contributed by atoms with E-state index in [9.17, 15) is 13.2 Å². The monoisotopic (exact) mass is 490 g/mol. The van der Waals surface area contributed by atoms with Crippen molar-refractivity contribution in [1.29, 1.82) is 0 Å². The van der Waals surface area contributed by atoms with Crippen molar-refractivity contribution in [1.82, 2.24) is 9.80 Å². The molecule has 0 aromatic heterocycles. The molecule has 6 heteroatoms. The summed E-state index contributed by atoms with van der Waals surface area (Å²) in [6, 6.07) is 0.386. The topological polar surface area (TPSA) is 57.7 Å². The molecule has 0 aliphatic carbocycles. The van der Waals surface area contributed by atoms with Crippen LogP contribution < -0.4 is 0 Å². The van der Waals surface area contributed by atoms with Gasteiger partial charge in [-0.25, -0.2) is 8.42 Å². The van der Waals surface area contributed by atoms with Crippen LogP contribution in [0.3, 0.4) is 0 Å². The molecular weight excluding hydrogens is 444 g/mol. The molecule has 1 atom stereocenters. The van der Waals surface area contributed by atoms with Gasteiger partial charge in [-0.05, 0) is 59.1 Å². The summed E-state index contributed by atoms with van der Waals surface area (Å²) in [5, 5.41) is 0. The van der Waals surface area contributed by atoms with E-state index >= 15 is 0 Å². The van der Waals surface area contributed by atoms with Crippen molar-refractivity contribution in [3.05, 3.63) is 58.8 Å². The molecule has 0 aromatic rings. The van der Waals surface area contributed by atoms with E-state index in [-0.39, 0.29) is 11.7 Å². The summed E-state index contributed by atoms with van der Waals surface area (Å²) in [6.07, 6.45) is 20.8. The Balaban J connectivity index is 0. The molecule has 0 radical (unpaired) electrons. The Bertz CT molecular complexity index is 900. The Labute approximate surface area is 209 Å². The van der Waals surface area contributed by atoms with Gasteiger partial charge in [-0.1, -0.05) is 51.2 Å². The first kappa shape index (κ1) is 33.7. The van der Waals surface area contributed by atoms with Crippen LogP contribution >= 0.6 is 0 Å². The third-order valence-corrected chi connectivity index (χ3v) is 7.04. The summed E-state index contributed by atoms with van der Waals surface area (Å²) in [7, 11) is -1.22. The van der Waals surface area contributed by atoms with Crippen LogP contribution in [0.5, 0.6) is 0 Å². The first-order valence-corrected chi connectivity index (χ1v) is 13.7. The van der Waals surface area contributed by atoms with Crippen molar-refractivity contribution in [2.75, 3.05) is 19.3 Å². The van der Waals surface area contributed by atoms with Crippen molar-refractivity contribution in [2.45, 2.75) is 80.7 Å². The van der Waals surface area contributed by atoms with Gasteiger partial charge in [0.25, 0.3) is 0 Å². The van der Waals surface area contributed by atoms with E-state index in [4.69, 9.17) is 0 Å². The highest BCUT2D eigenvalue weighted by Crippen LogP contribution is 2.26. The molecule has 0 fully saturated rings. The highest BCUT2D eigenvalue weighted by Gasteiger charge is 2.28. The fourth-order valence-electron chi connectivity index (χ4n) is 3.13. The third-order valence-electron chi connectivity index (χ3n) is 5.18. The second-order valence-electron chi connectivity index (χ2n) is 7.59. The zero-order chi connectivity index (χ0) is 26.7. The largest absolute Gasteiger partial charge is 0.367 e. The summed E-state index contributed by atoms with van der Waals surface area (Å²) < 4.78 is 23.6. The standard InChI is InChI=1S/C12H21NO2S.C11H15NO.C3H4.C2H6/c1-5-7-12-11(4)16(14,15)9-8-13(12)10(3)6-2;1-3-4-5-6-10-7-8-11(13)12(2)9-10;1-3-2;1-2/h5,7,10H,6,8-9H2,1-4H3;3-6,9H,7-8H2,1-2H3;1H,2H3;1-2H3/b7-5-;4-3-,6-5-;;. The van der Waals surface area contributed by atoms with Crippen molar-refractivity contribution in [3.8, 4) is 12.3 Å². The lowest BCUT2D eigenvalue weighted by Gasteiger charge is -2.36. The van der Waals surface area contributed by atoms with Gasteiger partial charge in [0, 0.05) is 32.3 Å². The van der Waals surface area contributed by atoms with Crippen LogP contribution in [0.15, 0.2) is 58.8 Å². The minimum atomic E-state index is -3.02. The normalized spacial score (nSPS) is 18.4. The molecule has 2 rings (SSSR count). The van der Waals surface area contributed by atoms with Crippen LogP contribution in [-0.4, -0.2) is 49.5 Å². The fourth-order valence-corrected chi connectivity index (χ4v) is 4.38. The number of carbonyl (C=O) groups excluding carboxylic acids is 1. The molecule has 2 aliphatic heterocycles. The van der Waals surface area contributed by atoms with Gasteiger partial charge in [0.1, 0.15) is 0 Å². The number of terminal acetylenes is 1. The van der Waals surface area contributed by atoms with Crippen LogP contribution in [0, 0.1) is 12.3 Å². The molecule has 2 heterocycles. The van der Waals surface area contributed by atoms with Gasteiger partial charge in [0.15, 0.2) is 9.84 Å². The molecule has 0 aromatic carbocycles. The van der Waals surface area contributed by atoms with E-state index in [0.717, 1.165) is 18.5 Å². The zero-order valence-electron chi connectivity index (χ0n) is 22.8. The molecule has 192 valence electrons. The van der Waals surface area contributed by atoms with Gasteiger partial charge in [0.05, 0.1) is 16.4 Å². The van der Waals surface area contributed by atoms with Crippen LogP contribution in [0.2, 0.25) is 0 Å². The number of amides is 1. The molecule has 0 bridgehead atoms.